The summed E-state index contributed by atoms with van der Waals surface area (Å²) in [5.74, 6) is 9.45. The first-order chi connectivity index (χ1) is 13.6. The Morgan fingerprint density at radius 3 is 2.36 bits per heavy atom. The lowest BCUT2D eigenvalue weighted by molar-refractivity contribution is 0.503. The predicted octanol–water partition coefficient (Wildman–Crippen LogP) is 5.06. The van der Waals surface area contributed by atoms with Crippen LogP contribution < -0.4 is 17.0 Å². The topological polar surface area (TPSA) is 103 Å². The van der Waals surface area contributed by atoms with Crippen LogP contribution in [0.5, 0.6) is 0 Å². The number of rotatable bonds is 7. The van der Waals surface area contributed by atoms with Gasteiger partial charge in [0.05, 0.1) is 26.8 Å². The third kappa shape index (κ3) is 5.75. The minimum atomic E-state index is 0.467. The van der Waals surface area contributed by atoms with Gasteiger partial charge in [-0.1, -0.05) is 49.5 Å². The molecule has 5 N–H and O–H groups in total. The lowest BCUT2D eigenvalue weighted by Crippen LogP contribution is -2.08. The van der Waals surface area contributed by atoms with Crippen molar-refractivity contribution in [1.29, 1.82) is 0 Å². The smallest absolute Gasteiger partial charge is 0.154 e. The van der Waals surface area contributed by atoms with E-state index in [2.05, 4.69) is 35.8 Å². The number of hydrogen-bond donors (Lipinski definition) is 3. The molecule has 3 rings (SSSR count). The van der Waals surface area contributed by atoms with Crippen molar-refractivity contribution in [3.05, 3.63) is 46.6 Å². The van der Waals surface area contributed by atoms with Gasteiger partial charge in [0.15, 0.2) is 5.82 Å². The van der Waals surface area contributed by atoms with Crippen LogP contribution in [0, 0.1) is 5.92 Å². The van der Waals surface area contributed by atoms with Crippen molar-refractivity contribution in [2.24, 2.45) is 17.6 Å². The number of hydrogen-bond acceptors (Lipinski definition) is 6. The minimum absolute atomic E-state index is 0.467. The summed E-state index contributed by atoms with van der Waals surface area (Å²) in [7, 11) is 0. The van der Waals surface area contributed by atoms with E-state index in [4.69, 9.17) is 33.2 Å². The van der Waals surface area contributed by atoms with Gasteiger partial charge < -0.3 is 5.32 Å². The minimum Gasteiger partial charge on any atom is -0.368 e. The van der Waals surface area contributed by atoms with Gasteiger partial charge in [-0.15, -0.1) is 0 Å². The molecule has 150 valence electrons. The van der Waals surface area contributed by atoms with Crippen molar-refractivity contribution in [3.63, 3.8) is 0 Å². The third-order valence-corrected chi connectivity index (χ3v) is 5.20. The fourth-order valence-corrected chi connectivity index (χ4v) is 3.03. The molecule has 0 saturated carbocycles. The van der Waals surface area contributed by atoms with E-state index in [9.17, 15) is 0 Å². The van der Waals surface area contributed by atoms with Crippen LogP contribution in [0.3, 0.4) is 0 Å². The number of halogens is 2. The normalized spacial score (nSPS) is 11.6. The Balaban J connectivity index is 0.00000136. The first-order valence-corrected chi connectivity index (χ1v) is 9.99. The average Bonchev–Trinajstić information content (AvgIpc) is 2.73. The molecule has 1 aromatic carbocycles. The summed E-state index contributed by atoms with van der Waals surface area (Å²) in [4.78, 5) is 13.9. The molecule has 1 unspecified atom stereocenters. The van der Waals surface area contributed by atoms with Crippen LogP contribution in [0.25, 0.3) is 22.4 Å². The zero-order valence-corrected chi connectivity index (χ0v) is 17.6. The van der Waals surface area contributed by atoms with Crippen molar-refractivity contribution < 1.29 is 0 Å². The van der Waals surface area contributed by atoms with Gasteiger partial charge in [-0.2, -0.15) is 0 Å². The number of pyridine rings is 1. The highest BCUT2D eigenvalue weighted by Gasteiger charge is 2.13. The fraction of sp³-hybridized carbons (Fsp3) is 0.350. The van der Waals surface area contributed by atoms with Gasteiger partial charge in [-0.3, -0.25) is 16.7 Å². The number of anilines is 1. The molecule has 8 heteroatoms. The monoisotopic (exact) mass is 420 g/mol. The zero-order chi connectivity index (χ0) is 20.5. The largest absolute Gasteiger partial charge is 0.368 e. The molecular weight excluding hydrogens is 395 g/mol. The number of aromatic nitrogens is 3. The summed E-state index contributed by atoms with van der Waals surface area (Å²) in [5.41, 5.74) is 2.91. The number of nitrogens with two attached hydrogens (primary N) is 2. The molecule has 0 radical (unpaired) electrons. The van der Waals surface area contributed by atoms with E-state index >= 15 is 0 Å². The van der Waals surface area contributed by atoms with Crippen LogP contribution in [0.1, 0.15) is 33.1 Å². The van der Waals surface area contributed by atoms with E-state index in [0.717, 1.165) is 36.1 Å². The standard InChI is InChI=1S/C20H22Cl2N4.H4N2/c1-3-13(2)7-6-10-24-20-19(16-8-4-5-9-23-16)25-17-11-14(21)15(22)12-18(17)26-20;1-2/h4-5,8-9,11-13H,3,6-7,10H2,1-2H3,(H,24,26);1-2H2. The van der Waals surface area contributed by atoms with Crippen LogP contribution in [0.15, 0.2) is 36.5 Å². The van der Waals surface area contributed by atoms with Gasteiger partial charge in [0, 0.05) is 12.7 Å². The van der Waals surface area contributed by atoms with Gasteiger partial charge in [-0.05, 0) is 43.0 Å². The molecule has 0 spiro atoms. The summed E-state index contributed by atoms with van der Waals surface area (Å²) in [6.07, 6.45) is 5.22. The van der Waals surface area contributed by atoms with Crippen LogP contribution in [-0.4, -0.2) is 21.5 Å². The van der Waals surface area contributed by atoms with E-state index < -0.39 is 0 Å². The maximum atomic E-state index is 6.14. The van der Waals surface area contributed by atoms with Crippen LogP contribution >= 0.6 is 23.2 Å². The molecule has 3 aromatic rings. The zero-order valence-electron chi connectivity index (χ0n) is 16.1. The summed E-state index contributed by atoms with van der Waals surface area (Å²) >= 11 is 12.3. The quantitative estimate of drug-likeness (QED) is 0.280. The molecule has 0 amide bonds. The van der Waals surface area contributed by atoms with Gasteiger partial charge in [-0.25, -0.2) is 9.97 Å². The highest BCUT2D eigenvalue weighted by atomic mass is 35.5. The van der Waals surface area contributed by atoms with Crippen molar-refractivity contribution >= 4 is 40.1 Å². The molecule has 6 nitrogen and oxygen atoms in total. The van der Waals surface area contributed by atoms with E-state index in [0.29, 0.717) is 21.1 Å². The highest BCUT2D eigenvalue weighted by molar-refractivity contribution is 6.42. The Morgan fingerprint density at radius 2 is 1.75 bits per heavy atom. The van der Waals surface area contributed by atoms with Crippen molar-refractivity contribution in [2.75, 3.05) is 11.9 Å². The summed E-state index contributed by atoms with van der Waals surface area (Å²) in [5, 5.41) is 4.37. The second-order valence-electron chi connectivity index (χ2n) is 6.47. The number of benzene rings is 1. The molecular formula is C20H26Cl2N6. The second-order valence-corrected chi connectivity index (χ2v) is 7.29. The molecule has 2 aromatic heterocycles. The van der Waals surface area contributed by atoms with Crippen LogP contribution in [0.4, 0.5) is 5.82 Å². The molecule has 2 heterocycles. The Kier molecular flexibility index (Phi) is 8.86. The SMILES string of the molecule is CCC(C)CCCNc1nc2cc(Cl)c(Cl)cc2nc1-c1ccccn1.NN. The van der Waals surface area contributed by atoms with Crippen molar-refractivity contribution in [2.45, 2.75) is 33.1 Å². The molecule has 0 aliphatic carbocycles. The Morgan fingerprint density at radius 1 is 1.07 bits per heavy atom. The molecule has 28 heavy (non-hydrogen) atoms. The van der Waals surface area contributed by atoms with Crippen molar-refractivity contribution in [3.8, 4) is 11.4 Å². The van der Waals surface area contributed by atoms with Gasteiger partial charge in [0.2, 0.25) is 0 Å². The van der Waals surface area contributed by atoms with Crippen molar-refractivity contribution in [1.82, 2.24) is 15.0 Å². The van der Waals surface area contributed by atoms with Gasteiger partial charge in [0.1, 0.15) is 5.69 Å². The Labute approximate surface area is 175 Å². The lowest BCUT2D eigenvalue weighted by Gasteiger charge is -2.13. The van der Waals surface area contributed by atoms with E-state index in [1.807, 2.05) is 18.2 Å². The van der Waals surface area contributed by atoms with Gasteiger partial charge >= 0.3 is 0 Å². The maximum Gasteiger partial charge on any atom is 0.154 e. The van der Waals surface area contributed by atoms with E-state index in [1.165, 1.54) is 12.8 Å². The van der Waals surface area contributed by atoms with Crippen LogP contribution in [-0.2, 0) is 0 Å². The Bertz CT molecular complexity index is 889. The summed E-state index contributed by atoms with van der Waals surface area (Å²) in [6, 6.07) is 9.24. The van der Waals surface area contributed by atoms with E-state index in [-0.39, 0.29) is 0 Å². The summed E-state index contributed by atoms with van der Waals surface area (Å²) in [6.45, 7) is 5.34. The first-order valence-electron chi connectivity index (χ1n) is 9.24. The maximum absolute atomic E-state index is 6.14. The second kappa shape index (κ2) is 11.1. The molecule has 0 aliphatic heterocycles. The number of nitrogens with zero attached hydrogens (tertiary/aromatic N) is 3. The molecule has 0 bridgehead atoms. The highest BCUT2D eigenvalue weighted by Crippen LogP contribution is 2.30. The Hall–Kier alpha value is -1.99. The molecule has 0 fully saturated rings. The average molecular weight is 421 g/mol. The number of hydrazine groups is 1. The molecule has 1 atom stereocenters. The predicted molar refractivity (Wildman–Crippen MR) is 118 cm³/mol. The first kappa shape index (κ1) is 22.3. The third-order valence-electron chi connectivity index (χ3n) is 4.48. The van der Waals surface area contributed by atoms with E-state index in [1.54, 1.807) is 18.3 Å². The number of fused-ring (bicyclic) bond motifs is 1. The fourth-order valence-electron chi connectivity index (χ4n) is 2.72. The lowest BCUT2D eigenvalue weighted by atomic mass is 10.0. The molecule has 0 saturated heterocycles. The number of nitrogens with one attached hydrogen (secondary N) is 1. The van der Waals surface area contributed by atoms with Crippen LogP contribution in [0.2, 0.25) is 10.0 Å². The van der Waals surface area contributed by atoms with Gasteiger partial charge in [0.25, 0.3) is 0 Å². The molecule has 0 aliphatic rings. The summed E-state index contributed by atoms with van der Waals surface area (Å²) < 4.78 is 0.